The normalized spacial score (nSPS) is 16.0. The standard InChI is InChI=1S/C23H24N4O3/c1-14-18-5-3-4-6-19(18)30-20(14)13-27(2)21(28)8-7-15-9-16-10-17(11-24)23(29)26-22(16)25-12-15/h3-9,12,17H,10-11,13,24H2,1-2H3,(H,25,26,29)/b8-7+/t17-/m0/s1. The molecule has 0 saturated carbocycles. The predicted molar refractivity (Wildman–Crippen MR) is 116 cm³/mol. The lowest BCUT2D eigenvalue weighted by Crippen LogP contribution is -2.35. The number of likely N-dealkylation sites (N-methyl/N-ethyl adjacent to an activating group) is 1. The van der Waals surface area contributed by atoms with Gasteiger partial charge in [0.2, 0.25) is 11.8 Å². The molecule has 3 aromatic rings. The first-order valence-corrected chi connectivity index (χ1v) is 9.86. The number of pyridine rings is 1. The van der Waals surface area contributed by atoms with Crippen molar-refractivity contribution in [2.24, 2.45) is 11.7 Å². The zero-order valence-electron chi connectivity index (χ0n) is 17.0. The summed E-state index contributed by atoms with van der Waals surface area (Å²) in [5.41, 5.74) is 9.25. The summed E-state index contributed by atoms with van der Waals surface area (Å²) in [5, 5.41) is 3.84. The molecule has 1 aliphatic rings. The highest BCUT2D eigenvalue weighted by atomic mass is 16.3. The number of carbonyl (C=O) groups is 2. The molecule has 3 N–H and O–H groups in total. The fraction of sp³-hybridized carbons (Fsp3) is 0.261. The third-order valence-electron chi connectivity index (χ3n) is 5.47. The Morgan fingerprint density at radius 1 is 1.40 bits per heavy atom. The van der Waals surface area contributed by atoms with E-state index in [1.165, 1.54) is 6.08 Å². The number of benzene rings is 1. The van der Waals surface area contributed by atoms with Gasteiger partial charge < -0.3 is 20.4 Å². The first kappa shape index (κ1) is 19.8. The van der Waals surface area contributed by atoms with E-state index in [0.29, 0.717) is 18.8 Å². The number of nitrogens with one attached hydrogen (secondary N) is 1. The first-order chi connectivity index (χ1) is 14.5. The van der Waals surface area contributed by atoms with Crippen LogP contribution in [0.25, 0.3) is 17.0 Å². The van der Waals surface area contributed by atoms with Gasteiger partial charge in [0.15, 0.2) is 0 Å². The van der Waals surface area contributed by atoms with Crippen molar-refractivity contribution in [3.05, 3.63) is 65.1 Å². The smallest absolute Gasteiger partial charge is 0.246 e. The van der Waals surface area contributed by atoms with E-state index in [-0.39, 0.29) is 24.3 Å². The van der Waals surface area contributed by atoms with Crippen LogP contribution in [0.2, 0.25) is 0 Å². The molecule has 2 amide bonds. The van der Waals surface area contributed by atoms with Crippen LogP contribution in [0.3, 0.4) is 0 Å². The van der Waals surface area contributed by atoms with E-state index < -0.39 is 0 Å². The maximum Gasteiger partial charge on any atom is 0.246 e. The summed E-state index contributed by atoms with van der Waals surface area (Å²) in [7, 11) is 1.74. The topological polar surface area (TPSA) is 101 Å². The molecule has 7 heteroatoms. The number of hydrogen-bond donors (Lipinski definition) is 2. The molecule has 7 nitrogen and oxygen atoms in total. The van der Waals surface area contributed by atoms with Crippen molar-refractivity contribution in [2.45, 2.75) is 19.9 Å². The fourth-order valence-electron chi connectivity index (χ4n) is 3.62. The molecule has 0 aliphatic carbocycles. The summed E-state index contributed by atoms with van der Waals surface area (Å²) in [6.07, 6.45) is 5.43. The molecule has 1 aliphatic heterocycles. The zero-order valence-corrected chi connectivity index (χ0v) is 17.0. The van der Waals surface area contributed by atoms with Gasteiger partial charge >= 0.3 is 0 Å². The molecule has 0 fully saturated rings. The van der Waals surface area contributed by atoms with Gasteiger partial charge in [-0.15, -0.1) is 0 Å². The summed E-state index contributed by atoms with van der Waals surface area (Å²) < 4.78 is 5.90. The van der Waals surface area contributed by atoms with E-state index in [9.17, 15) is 9.59 Å². The Kier molecular flexibility index (Phi) is 5.37. The van der Waals surface area contributed by atoms with Crippen LogP contribution in [-0.2, 0) is 22.6 Å². The largest absolute Gasteiger partial charge is 0.459 e. The number of anilines is 1. The van der Waals surface area contributed by atoms with Crippen LogP contribution in [0.15, 0.2) is 47.0 Å². The van der Waals surface area contributed by atoms with E-state index in [1.54, 1.807) is 24.2 Å². The lowest BCUT2D eigenvalue weighted by Gasteiger charge is -2.22. The van der Waals surface area contributed by atoms with Gasteiger partial charge in [0.25, 0.3) is 0 Å². The Hall–Kier alpha value is -3.45. The van der Waals surface area contributed by atoms with Crippen molar-refractivity contribution in [2.75, 3.05) is 18.9 Å². The molecule has 30 heavy (non-hydrogen) atoms. The number of aryl methyl sites for hydroxylation is 1. The molecular formula is C23H24N4O3. The number of nitrogens with two attached hydrogens (primary N) is 1. The lowest BCUT2D eigenvalue weighted by atomic mass is 9.94. The second kappa shape index (κ2) is 8.12. The number of para-hydroxylation sites is 1. The Balaban J connectivity index is 1.45. The molecule has 0 bridgehead atoms. The molecule has 1 atom stereocenters. The Morgan fingerprint density at radius 2 is 2.20 bits per heavy atom. The highest BCUT2D eigenvalue weighted by Gasteiger charge is 2.25. The van der Waals surface area contributed by atoms with E-state index in [2.05, 4.69) is 10.3 Å². The molecule has 0 spiro atoms. The van der Waals surface area contributed by atoms with Gasteiger partial charge in [0.05, 0.1) is 12.5 Å². The molecule has 0 radical (unpaired) electrons. The third kappa shape index (κ3) is 3.84. The molecule has 3 heterocycles. The molecule has 154 valence electrons. The van der Waals surface area contributed by atoms with Crippen LogP contribution in [0.5, 0.6) is 0 Å². The maximum absolute atomic E-state index is 12.6. The second-order valence-corrected chi connectivity index (χ2v) is 7.58. The van der Waals surface area contributed by atoms with E-state index >= 15 is 0 Å². The highest BCUT2D eigenvalue weighted by Crippen LogP contribution is 2.26. The van der Waals surface area contributed by atoms with Crippen molar-refractivity contribution in [1.82, 2.24) is 9.88 Å². The minimum Gasteiger partial charge on any atom is -0.459 e. The SMILES string of the molecule is Cc1c(CN(C)C(=O)/C=C/c2cnc3c(c2)C[C@@H](CN)C(=O)N3)oc2ccccc12. The van der Waals surface area contributed by atoms with Gasteiger partial charge in [-0.2, -0.15) is 0 Å². The number of carbonyl (C=O) groups excluding carboxylic acids is 2. The number of hydrogen-bond acceptors (Lipinski definition) is 5. The Morgan fingerprint density at radius 3 is 2.97 bits per heavy atom. The maximum atomic E-state index is 12.6. The van der Waals surface area contributed by atoms with Crippen molar-refractivity contribution < 1.29 is 14.0 Å². The summed E-state index contributed by atoms with van der Waals surface area (Å²) >= 11 is 0. The first-order valence-electron chi connectivity index (χ1n) is 9.86. The molecule has 0 unspecified atom stereocenters. The monoisotopic (exact) mass is 404 g/mol. The van der Waals surface area contributed by atoms with Crippen LogP contribution in [0.1, 0.15) is 22.5 Å². The Bertz CT molecular complexity index is 1150. The molecular weight excluding hydrogens is 380 g/mol. The van der Waals surface area contributed by atoms with Crippen molar-refractivity contribution in [3.63, 3.8) is 0 Å². The summed E-state index contributed by atoms with van der Waals surface area (Å²) in [4.78, 5) is 30.4. The van der Waals surface area contributed by atoms with Crippen molar-refractivity contribution in [1.29, 1.82) is 0 Å². The van der Waals surface area contributed by atoms with Crippen LogP contribution < -0.4 is 11.1 Å². The van der Waals surface area contributed by atoms with Crippen LogP contribution in [0.4, 0.5) is 5.82 Å². The van der Waals surface area contributed by atoms with Gasteiger partial charge in [-0.1, -0.05) is 18.2 Å². The zero-order chi connectivity index (χ0) is 21.3. The number of furan rings is 1. The highest BCUT2D eigenvalue weighted by molar-refractivity contribution is 5.95. The van der Waals surface area contributed by atoms with E-state index in [1.807, 2.05) is 37.3 Å². The fourth-order valence-corrected chi connectivity index (χ4v) is 3.62. The number of aromatic nitrogens is 1. The van der Waals surface area contributed by atoms with Crippen LogP contribution in [-0.4, -0.2) is 35.3 Å². The minimum absolute atomic E-state index is 0.0986. The van der Waals surface area contributed by atoms with E-state index in [0.717, 1.165) is 33.4 Å². The van der Waals surface area contributed by atoms with Gasteiger partial charge in [-0.3, -0.25) is 9.59 Å². The summed E-state index contributed by atoms with van der Waals surface area (Å²) in [6.45, 7) is 2.67. The van der Waals surface area contributed by atoms with Crippen molar-refractivity contribution in [3.8, 4) is 0 Å². The van der Waals surface area contributed by atoms with Crippen LogP contribution in [0, 0.1) is 12.8 Å². The molecule has 2 aromatic heterocycles. The van der Waals surface area contributed by atoms with Crippen molar-refractivity contribution >= 4 is 34.7 Å². The summed E-state index contributed by atoms with van der Waals surface area (Å²) in [5.74, 6) is 0.850. The number of amides is 2. The van der Waals surface area contributed by atoms with Gasteiger partial charge in [0, 0.05) is 36.8 Å². The second-order valence-electron chi connectivity index (χ2n) is 7.58. The average molecular weight is 404 g/mol. The number of rotatable bonds is 5. The lowest BCUT2D eigenvalue weighted by molar-refractivity contribution is -0.125. The molecule has 1 aromatic carbocycles. The van der Waals surface area contributed by atoms with E-state index in [4.69, 9.17) is 10.2 Å². The van der Waals surface area contributed by atoms with Gasteiger partial charge in [-0.05, 0) is 42.7 Å². The van der Waals surface area contributed by atoms with Gasteiger partial charge in [-0.25, -0.2) is 4.98 Å². The number of fused-ring (bicyclic) bond motifs is 2. The van der Waals surface area contributed by atoms with Crippen LogP contribution >= 0.6 is 0 Å². The van der Waals surface area contributed by atoms with Gasteiger partial charge in [0.1, 0.15) is 17.2 Å². The minimum atomic E-state index is -0.252. The third-order valence-corrected chi connectivity index (χ3v) is 5.47. The Labute approximate surface area is 174 Å². The number of nitrogens with zero attached hydrogens (tertiary/aromatic N) is 2. The summed E-state index contributed by atoms with van der Waals surface area (Å²) in [6, 6.07) is 9.77. The quantitative estimate of drug-likeness (QED) is 0.637. The molecule has 0 saturated heterocycles. The predicted octanol–water partition coefficient (Wildman–Crippen LogP) is 2.88. The average Bonchev–Trinajstić information content (AvgIpc) is 3.07. The molecule has 4 rings (SSSR count).